The molecule has 3 rings (SSSR count). The van der Waals surface area contributed by atoms with Crippen LogP contribution in [0, 0.1) is 0 Å². The van der Waals surface area contributed by atoms with E-state index in [0.717, 1.165) is 11.5 Å². The van der Waals surface area contributed by atoms with Gasteiger partial charge in [0, 0.05) is 22.6 Å². The quantitative estimate of drug-likeness (QED) is 0.395. The largest absolute Gasteiger partial charge is 0.497 e. The average molecular weight is 421 g/mol. The summed E-state index contributed by atoms with van der Waals surface area (Å²) in [6.07, 6.45) is 1.54. The lowest BCUT2D eigenvalue weighted by Gasteiger charge is -2.07. The lowest BCUT2D eigenvalue weighted by Crippen LogP contribution is -2.17. The highest BCUT2D eigenvalue weighted by atomic mass is 32.2. The van der Waals surface area contributed by atoms with Crippen LogP contribution in [0.25, 0.3) is 0 Å². The Labute approximate surface area is 181 Å². The molecule has 3 aromatic carbocycles. The van der Waals surface area contributed by atoms with Crippen LogP contribution in [0.15, 0.2) is 77.9 Å². The Morgan fingerprint density at radius 1 is 0.933 bits per heavy atom. The van der Waals surface area contributed by atoms with Crippen molar-refractivity contribution in [1.29, 1.82) is 0 Å². The number of benzene rings is 3. The zero-order chi connectivity index (χ0) is 21.2. The molecule has 0 aliphatic carbocycles. The number of nitrogens with one attached hydrogen (secondary N) is 1. The number of methoxy groups -OCH3 is 2. The minimum absolute atomic E-state index is 0.267. The predicted octanol–water partition coefficient (Wildman–Crippen LogP) is 4.90. The number of carbonyl (C=O) groups is 1. The van der Waals surface area contributed by atoms with Gasteiger partial charge in [0.05, 0.1) is 20.4 Å². The molecular weight excluding hydrogens is 396 g/mol. The summed E-state index contributed by atoms with van der Waals surface area (Å²) >= 11 is 1.85. The van der Waals surface area contributed by atoms with Gasteiger partial charge in [0.15, 0.2) is 0 Å². The van der Waals surface area contributed by atoms with E-state index in [1.807, 2.05) is 42.1 Å². The van der Waals surface area contributed by atoms with E-state index >= 15 is 0 Å². The fourth-order valence-electron chi connectivity index (χ4n) is 2.78. The molecule has 0 fully saturated rings. The van der Waals surface area contributed by atoms with Crippen molar-refractivity contribution in [2.75, 3.05) is 14.2 Å². The summed E-state index contributed by atoms with van der Waals surface area (Å²) in [5, 5.41) is 4.04. The molecule has 5 nitrogen and oxygen atoms in total. The lowest BCUT2D eigenvalue weighted by atomic mass is 10.1. The van der Waals surface area contributed by atoms with Gasteiger partial charge in [-0.3, -0.25) is 4.79 Å². The summed E-state index contributed by atoms with van der Waals surface area (Å²) in [4.78, 5) is 12.3. The highest BCUT2D eigenvalue weighted by Crippen LogP contribution is 2.22. The molecule has 0 spiro atoms. The number of carbonyl (C=O) groups excluding carboxylic acids is 1. The molecule has 1 amide bonds. The van der Waals surface area contributed by atoms with Gasteiger partial charge in [-0.25, -0.2) is 5.43 Å². The lowest BCUT2D eigenvalue weighted by molar-refractivity contribution is 0.0955. The molecule has 0 heterocycles. The normalized spacial score (nSPS) is 10.7. The Morgan fingerprint density at radius 3 is 2.30 bits per heavy atom. The highest BCUT2D eigenvalue weighted by Gasteiger charge is 2.06. The Balaban J connectivity index is 1.53. The van der Waals surface area contributed by atoms with Crippen molar-refractivity contribution in [2.45, 2.75) is 11.5 Å². The van der Waals surface area contributed by atoms with Crippen molar-refractivity contribution in [1.82, 2.24) is 5.43 Å². The first-order valence-corrected chi connectivity index (χ1v) is 10.6. The SMILES string of the molecule is COc1ccc(OC)c(/C=N\NC(=O)c2ccc(CSCc3ccccc3)cc2)c1. The molecule has 0 aliphatic heterocycles. The summed E-state index contributed by atoms with van der Waals surface area (Å²) in [6, 6.07) is 23.3. The fourth-order valence-corrected chi connectivity index (χ4v) is 3.74. The van der Waals surface area contributed by atoms with Gasteiger partial charge in [0.2, 0.25) is 0 Å². The van der Waals surface area contributed by atoms with Crippen molar-refractivity contribution in [3.05, 3.63) is 95.1 Å². The van der Waals surface area contributed by atoms with Crippen LogP contribution in [0.1, 0.15) is 27.0 Å². The second-order valence-electron chi connectivity index (χ2n) is 6.48. The molecule has 0 radical (unpaired) electrons. The van der Waals surface area contributed by atoms with Crippen LogP contribution < -0.4 is 14.9 Å². The summed E-state index contributed by atoms with van der Waals surface area (Å²) < 4.78 is 10.5. The van der Waals surface area contributed by atoms with E-state index in [-0.39, 0.29) is 5.91 Å². The molecule has 30 heavy (non-hydrogen) atoms. The van der Waals surface area contributed by atoms with E-state index in [1.165, 1.54) is 17.3 Å². The number of ether oxygens (including phenoxy) is 2. The van der Waals surface area contributed by atoms with E-state index in [2.05, 4.69) is 34.8 Å². The zero-order valence-electron chi connectivity index (χ0n) is 17.0. The number of thioether (sulfide) groups is 1. The molecule has 154 valence electrons. The first kappa shape index (κ1) is 21.5. The molecule has 0 saturated heterocycles. The number of hydrazone groups is 1. The van der Waals surface area contributed by atoms with Crippen LogP contribution >= 0.6 is 11.8 Å². The van der Waals surface area contributed by atoms with Gasteiger partial charge in [-0.1, -0.05) is 42.5 Å². The summed E-state index contributed by atoms with van der Waals surface area (Å²) in [5.41, 5.74) is 6.30. The van der Waals surface area contributed by atoms with Gasteiger partial charge in [-0.15, -0.1) is 0 Å². The van der Waals surface area contributed by atoms with Crippen LogP contribution in [-0.4, -0.2) is 26.3 Å². The standard InChI is InChI=1S/C24H24N2O3S/c1-28-22-12-13-23(29-2)21(14-22)15-25-26-24(27)20-10-8-19(9-11-20)17-30-16-18-6-4-3-5-7-18/h3-15H,16-17H2,1-2H3,(H,26,27)/b25-15-. The highest BCUT2D eigenvalue weighted by molar-refractivity contribution is 7.97. The monoisotopic (exact) mass is 420 g/mol. The van der Waals surface area contributed by atoms with Crippen molar-refractivity contribution in [2.24, 2.45) is 5.10 Å². The third-order valence-corrected chi connectivity index (χ3v) is 5.48. The van der Waals surface area contributed by atoms with E-state index in [4.69, 9.17) is 9.47 Å². The first-order chi connectivity index (χ1) is 14.7. The minimum atomic E-state index is -0.267. The van der Waals surface area contributed by atoms with Gasteiger partial charge in [-0.05, 0) is 41.5 Å². The van der Waals surface area contributed by atoms with Crippen molar-refractivity contribution >= 4 is 23.9 Å². The number of hydrogen-bond acceptors (Lipinski definition) is 5. The molecule has 0 unspecified atom stereocenters. The molecule has 0 aromatic heterocycles. The second-order valence-corrected chi connectivity index (χ2v) is 7.47. The third-order valence-electron chi connectivity index (χ3n) is 4.40. The number of hydrogen-bond donors (Lipinski definition) is 1. The second kappa shape index (κ2) is 11.1. The minimum Gasteiger partial charge on any atom is -0.497 e. The van der Waals surface area contributed by atoms with Crippen LogP contribution in [0.5, 0.6) is 11.5 Å². The fraction of sp³-hybridized carbons (Fsp3) is 0.167. The first-order valence-electron chi connectivity index (χ1n) is 9.45. The molecular formula is C24H24N2O3S. The zero-order valence-corrected chi connectivity index (χ0v) is 17.8. The van der Waals surface area contributed by atoms with Crippen molar-refractivity contribution < 1.29 is 14.3 Å². The average Bonchev–Trinajstić information content (AvgIpc) is 2.80. The van der Waals surface area contributed by atoms with E-state index in [9.17, 15) is 4.79 Å². The van der Waals surface area contributed by atoms with E-state index in [1.54, 1.807) is 32.4 Å². The maximum atomic E-state index is 12.3. The van der Waals surface area contributed by atoms with E-state index in [0.29, 0.717) is 22.6 Å². The third kappa shape index (κ3) is 6.12. The summed E-state index contributed by atoms with van der Waals surface area (Å²) in [5.74, 6) is 2.92. The van der Waals surface area contributed by atoms with Crippen LogP contribution in [0.2, 0.25) is 0 Å². The van der Waals surface area contributed by atoms with Gasteiger partial charge in [-0.2, -0.15) is 16.9 Å². The van der Waals surface area contributed by atoms with Crippen molar-refractivity contribution in [3.63, 3.8) is 0 Å². The number of rotatable bonds is 9. The molecule has 0 bridgehead atoms. The van der Waals surface area contributed by atoms with Gasteiger partial charge in [0.1, 0.15) is 11.5 Å². The van der Waals surface area contributed by atoms with Crippen molar-refractivity contribution in [3.8, 4) is 11.5 Å². The topological polar surface area (TPSA) is 59.9 Å². The Kier molecular flexibility index (Phi) is 7.92. The molecule has 0 saturated carbocycles. The summed E-state index contributed by atoms with van der Waals surface area (Å²) in [7, 11) is 3.17. The predicted molar refractivity (Wildman–Crippen MR) is 122 cm³/mol. The summed E-state index contributed by atoms with van der Waals surface area (Å²) in [6.45, 7) is 0. The smallest absolute Gasteiger partial charge is 0.271 e. The Hall–Kier alpha value is -3.25. The Morgan fingerprint density at radius 2 is 1.63 bits per heavy atom. The van der Waals surface area contributed by atoms with Crippen LogP contribution in [0.4, 0.5) is 0 Å². The maximum absolute atomic E-state index is 12.3. The molecule has 0 atom stereocenters. The number of nitrogens with zero attached hydrogens (tertiary/aromatic N) is 1. The van der Waals surface area contributed by atoms with E-state index < -0.39 is 0 Å². The molecule has 3 aromatic rings. The van der Waals surface area contributed by atoms with Crippen LogP contribution in [0.3, 0.4) is 0 Å². The van der Waals surface area contributed by atoms with Gasteiger partial charge < -0.3 is 9.47 Å². The van der Waals surface area contributed by atoms with Gasteiger partial charge >= 0.3 is 0 Å². The molecule has 0 aliphatic rings. The maximum Gasteiger partial charge on any atom is 0.271 e. The van der Waals surface area contributed by atoms with Gasteiger partial charge in [0.25, 0.3) is 5.91 Å². The number of amides is 1. The Bertz CT molecular complexity index is 989. The molecule has 1 N–H and O–H groups in total. The molecule has 6 heteroatoms. The van der Waals surface area contributed by atoms with Crippen LogP contribution in [-0.2, 0) is 11.5 Å².